The van der Waals surface area contributed by atoms with Gasteiger partial charge in [-0.15, -0.1) is 0 Å². The first-order valence-electron chi connectivity index (χ1n) is 3.22. The summed E-state index contributed by atoms with van der Waals surface area (Å²) in [5, 5.41) is 9.01. The van der Waals surface area contributed by atoms with Crippen LogP contribution in [0, 0.1) is 0 Å². The maximum atomic E-state index is 11.1. The van der Waals surface area contributed by atoms with E-state index in [0.717, 1.165) is 0 Å². The number of halogens is 2. The summed E-state index contributed by atoms with van der Waals surface area (Å²) in [6.45, 7) is 0. The molecule has 0 aliphatic heterocycles. The van der Waals surface area contributed by atoms with Gasteiger partial charge in [-0.2, -0.15) is 0 Å². The molecule has 0 radical (unpaired) electrons. The summed E-state index contributed by atoms with van der Waals surface area (Å²) in [4.78, 5) is 10.0. The summed E-state index contributed by atoms with van der Waals surface area (Å²) in [5.74, 6) is -0.385. The number of Topliss-reactive ketones (excluding diaryl/α,β-unsaturated/α-hetero) is 1. The van der Waals surface area contributed by atoms with Crippen LogP contribution in [0.15, 0.2) is 24.3 Å². The number of hydrogen-bond acceptors (Lipinski definition) is 2. The number of rotatable bonds is 2. The number of aromatic hydroxyl groups is 1. The average molecular weight is 205 g/mol. The Morgan fingerprint density at radius 3 is 2.58 bits per heavy atom. The van der Waals surface area contributed by atoms with Gasteiger partial charge in [0.25, 0.3) is 0 Å². The van der Waals surface area contributed by atoms with Gasteiger partial charge in [-0.05, 0) is 12.1 Å². The first-order valence-corrected chi connectivity index (χ1v) is 4.10. The number of carbonyl (C=O) groups excluding carboxylic acids is 1. The van der Waals surface area contributed by atoms with Crippen molar-refractivity contribution in [2.45, 2.75) is 4.84 Å². The predicted octanol–water partition coefficient (Wildman–Crippen LogP) is 2.38. The van der Waals surface area contributed by atoms with Gasteiger partial charge in [0.2, 0.25) is 0 Å². The van der Waals surface area contributed by atoms with E-state index in [-0.39, 0.29) is 5.75 Å². The van der Waals surface area contributed by atoms with Crippen molar-refractivity contribution in [2.24, 2.45) is 0 Å². The van der Waals surface area contributed by atoms with Crippen LogP contribution in [0.4, 0.5) is 0 Å². The Bertz CT molecular complexity index is 297. The Balaban J connectivity index is 2.96. The monoisotopic (exact) mass is 204 g/mol. The smallest absolute Gasteiger partial charge is 0.195 e. The van der Waals surface area contributed by atoms with Crippen LogP contribution in [0.25, 0.3) is 0 Å². The van der Waals surface area contributed by atoms with Gasteiger partial charge in [0.05, 0.1) is 0 Å². The largest absolute Gasteiger partial charge is 0.508 e. The molecule has 0 aromatic heterocycles. The molecule has 0 aliphatic rings. The second-order valence-corrected chi connectivity index (χ2v) is 3.31. The molecular weight excluding hydrogens is 199 g/mol. The highest BCUT2D eigenvalue weighted by Gasteiger charge is 2.13. The van der Waals surface area contributed by atoms with Crippen molar-refractivity contribution in [3.63, 3.8) is 0 Å². The summed E-state index contributed by atoms with van der Waals surface area (Å²) in [6.07, 6.45) is 0. The Labute approximate surface area is 79.7 Å². The lowest BCUT2D eigenvalue weighted by atomic mass is 10.1. The maximum Gasteiger partial charge on any atom is 0.195 e. The zero-order valence-electron chi connectivity index (χ0n) is 6.00. The normalized spacial score (nSPS) is 10.2. The van der Waals surface area contributed by atoms with E-state index in [0.29, 0.717) is 5.56 Å². The summed E-state index contributed by atoms with van der Waals surface area (Å²) in [5.41, 5.74) is 0.310. The fourth-order valence-electron chi connectivity index (χ4n) is 0.785. The fraction of sp³-hybridized carbons (Fsp3) is 0.125. The topological polar surface area (TPSA) is 37.3 Å². The molecule has 1 aromatic rings. The van der Waals surface area contributed by atoms with Crippen molar-refractivity contribution in [1.82, 2.24) is 0 Å². The molecule has 0 saturated carbocycles. The minimum atomic E-state index is -1.08. The van der Waals surface area contributed by atoms with Gasteiger partial charge in [-0.1, -0.05) is 35.3 Å². The van der Waals surface area contributed by atoms with Crippen molar-refractivity contribution in [2.75, 3.05) is 0 Å². The first-order chi connectivity index (χ1) is 5.61. The van der Waals surface area contributed by atoms with E-state index in [4.69, 9.17) is 28.3 Å². The molecule has 0 spiro atoms. The lowest BCUT2D eigenvalue weighted by Gasteiger charge is -2.00. The minimum Gasteiger partial charge on any atom is -0.508 e. The number of ketones is 1. The third-order valence-corrected chi connectivity index (χ3v) is 1.73. The highest BCUT2D eigenvalue weighted by atomic mass is 35.5. The lowest BCUT2D eigenvalue weighted by Crippen LogP contribution is -2.07. The van der Waals surface area contributed by atoms with Crippen LogP contribution in [-0.2, 0) is 0 Å². The second-order valence-electron chi connectivity index (χ2n) is 2.22. The fourth-order valence-corrected chi connectivity index (χ4v) is 1.04. The molecule has 2 nitrogen and oxygen atoms in total. The van der Waals surface area contributed by atoms with E-state index in [2.05, 4.69) is 0 Å². The third kappa shape index (κ3) is 2.13. The molecule has 0 saturated heterocycles. The van der Waals surface area contributed by atoms with Gasteiger partial charge in [0, 0.05) is 5.56 Å². The van der Waals surface area contributed by atoms with Crippen molar-refractivity contribution in [3.05, 3.63) is 29.8 Å². The molecule has 1 N–H and O–H groups in total. The highest BCUT2D eigenvalue weighted by molar-refractivity contribution is 6.55. The Morgan fingerprint density at radius 1 is 1.42 bits per heavy atom. The molecule has 0 bridgehead atoms. The minimum absolute atomic E-state index is 0.0230. The third-order valence-electron chi connectivity index (χ3n) is 1.33. The second kappa shape index (κ2) is 3.78. The van der Waals surface area contributed by atoms with Gasteiger partial charge < -0.3 is 5.11 Å². The number of phenolic OH excluding ortho intramolecular Hbond substituents is 1. The average Bonchev–Trinajstić information content (AvgIpc) is 2.03. The number of alkyl halides is 2. The standard InChI is InChI=1S/C8H6Cl2O2/c9-8(10)7(12)5-2-1-3-6(11)4-5/h1-4,8,11H. The van der Waals surface area contributed by atoms with E-state index >= 15 is 0 Å². The van der Waals surface area contributed by atoms with Gasteiger partial charge in [-0.3, -0.25) is 4.79 Å². The van der Waals surface area contributed by atoms with Crippen LogP contribution in [0.2, 0.25) is 0 Å². The Morgan fingerprint density at radius 2 is 2.08 bits per heavy atom. The molecule has 0 fully saturated rings. The van der Waals surface area contributed by atoms with E-state index in [9.17, 15) is 4.79 Å². The molecule has 12 heavy (non-hydrogen) atoms. The summed E-state index contributed by atoms with van der Waals surface area (Å²) >= 11 is 10.7. The number of carbonyl (C=O) groups is 1. The van der Waals surface area contributed by atoms with E-state index in [1.54, 1.807) is 12.1 Å². The van der Waals surface area contributed by atoms with Crippen molar-refractivity contribution in [1.29, 1.82) is 0 Å². The van der Waals surface area contributed by atoms with Crippen LogP contribution in [-0.4, -0.2) is 15.7 Å². The van der Waals surface area contributed by atoms with Crippen molar-refractivity contribution in [3.8, 4) is 5.75 Å². The number of phenols is 1. The summed E-state index contributed by atoms with van der Waals surface area (Å²) in [7, 11) is 0. The molecular formula is C8H6Cl2O2. The molecule has 1 rings (SSSR count). The van der Waals surface area contributed by atoms with Crippen molar-refractivity contribution >= 4 is 29.0 Å². The van der Waals surface area contributed by atoms with E-state index in [1.807, 2.05) is 0 Å². The summed E-state index contributed by atoms with van der Waals surface area (Å²) < 4.78 is 0. The van der Waals surface area contributed by atoms with Crippen LogP contribution < -0.4 is 0 Å². The summed E-state index contributed by atoms with van der Waals surface area (Å²) in [6, 6.07) is 5.88. The number of benzene rings is 1. The van der Waals surface area contributed by atoms with Gasteiger partial charge in [-0.25, -0.2) is 0 Å². The van der Waals surface area contributed by atoms with Gasteiger partial charge in [0.1, 0.15) is 5.75 Å². The molecule has 0 atom stereocenters. The molecule has 64 valence electrons. The Hall–Kier alpha value is -0.730. The van der Waals surface area contributed by atoms with Crippen LogP contribution in [0.1, 0.15) is 10.4 Å². The van der Waals surface area contributed by atoms with Gasteiger partial charge >= 0.3 is 0 Å². The zero-order valence-corrected chi connectivity index (χ0v) is 7.51. The SMILES string of the molecule is O=C(c1cccc(O)c1)C(Cl)Cl. The van der Waals surface area contributed by atoms with Crippen LogP contribution in [0.5, 0.6) is 5.75 Å². The van der Waals surface area contributed by atoms with Crippen molar-refractivity contribution < 1.29 is 9.90 Å². The van der Waals surface area contributed by atoms with E-state index < -0.39 is 10.6 Å². The molecule has 0 unspecified atom stereocenters. The molecule has 0 heterocycles. The first kappa shape index (κ1) is 9.36. The Kier molecular flexibility index (Phi) is 2.95. The highest BCUT2D eigenvalue weighted by Crippen LogP contribution is 2.16. The maximum absolute atomic E-state index is 11.1. The van der Waals surface area contributed by atoms with Crippen LogP contribution >= 0.6 is 23.2 Å². The number of hydrogen-bond donors (Lipinski definition) is 1. The lowest BCUT2D eigenvalue weighted by molar-refractivity contribution is 0.101. The van der Waals surface area contributed by atoms with E-state index in [1.165, 1.54) is 12.1 Å². The molecule has 1 aromatic carbocycles. The van der Waals surface area contributed by atoms with Crippen LogP contribution in [0.3, 0.4) is 0 Å². The molecule has 0 aliphatic carbocycles. The predicted molar refractivity (Wildman–Crippen MR) is 47.9 cm³/mol. The zero-order chi connectivity index (χ0) is 9.14. The molecule has 4 heteroatoms. The molecule has 0 amide bonds. The quantitative estimate of drug-likeness (QED) is 0.594. The van der Waals surface area contributed by atoms with Gasteiger partial charge in [0.15, 0.2) is 10.6 Å².